The predicted octanol–water partition coefficient (Wildman–Crippen LogP) is 0.933. The van der Waals surface area contributed by atoms with Crippen LogP contribution in [-0.2, 0) is 19.0 Å². The Morgan fingerprint density at radius 1 is 1.03 bits per heavy atom. The van der Waals surface area contributed by atoms with Gasteiger partial charge in [-0.05, 0) is 31.4 Å². The summed E-state index contributed by atoms with van der Waals surface area (Å²) in [7, 11) is 0. The minimum atomic E-state index is -0.856. The number of carboxylic acid groups (broad SMARTS) is 1. The average Bonchev–Trinajstić information content (AvgIpc) is 3.36. The maximum atomic E-state index is 12.2. The third-order valence-corrected chi connectivity index (χ3v) is 5.61. The number of rotatable bonds is 10. The molecule has 1 aromatic carbocycles. The standard InChI is InChI=1S/C22H26N2O9/c25-12-15-18-19(20(31-15)24-10-9-16(26)23-22(24)29)33-21(32-18)13-5-7-14(8-6-13)30-11-3-1-2-4-17(27)28/h5-10,15,18-21,25H,1-4,11-12H2,(H,27,28)(H,23,26,29). The van der Waals surface area contributed by atoms with Crippen molar-refractivity contribution < 1.29 is 34.0 Å². The van der Waals surface area contributed by atoms with Gasteiger partial charge < -0.3 is 29.2 Å². The highest BCUT2D eigenvalue weighted by Crippen LogP contribution is 2.43. The molecule has 0 bridgehead atoms. The van der Waals surface area contributed by atoms with Crippen LogP contribution in [-0.4, -0.2) is 57.3 Å². The van der Waals surface area contributed by atoms with Gasteiger partial charge in [-0.25, -0.2) is 4.79 Å². The van der Waals surface area contributed by atoms with E-state index in [4.69, 9.17) is 24.1 Å². The smallest absolute Gasteiger partial charge is 0.330 e. The second kappa shape index (κ2) is 10.3. The van der Waals surface area contributed by atoms with Crippen molar-refractivity contribution in [3.63, 3.8) is 0 Å². The Hall–Kier alpha value is -2.99. The van der Waals surface area contributed by atoms with E-state index in [1.807, 2.05) is 12.1 Å². The molecule has 4 rings (SSSR count). The summed E-state index contributed by atoms with van der Waals surface area (Å²) in [5.41, 5.74) is -0.419. The third-order valence-electron chi connectivity index (χ3n) is 5.61. The lowest BCUT2D eigenvalue weighted by atomic mass is 10.1. The molecule has 0 saturated carbocycles. The average molecular weight is 462 g/mol. The number of carbonyl (C=O) groups is 1. The molecule has 2 aliphatic heterocycles. The van der Waals surface area contributed by atoms with Gasteiger partial charge in [0, 0.05) is 24.2 Å². The van der Waals surface area contributed by atoms with Gasteiger partial charge in [-0.1, -0.05) is 12.1 Å². The zero-order valence-corrected chi connectivity index (χ0v) is 17.8. The number of ether oxygens (including phenoxy) is 4. The molecule has 3 heterocycles. The summed E-state index contributed by atoms with van der Waals surface area (Å²) in [5.74, 6) is -0.120. The van der Waals surface area contributed by atoms with E-state index >= 15 is 0 Å². The highest BCUT2D eigenvalue weighted by molar-refractivity contribution is 5.66. The van der Waals surface area contributed by atoms with E-state index in [1.165, 1.54) is 16.8 Å². The van der Waals surface area contributed by atoms with Gasteiger partial charge in [0.05, 0.1) is 13.2 Å². The first-order chi connectivity index (χ1) is 16.0. The number of hydrogen-bond donors (Lipinski definition) is 3. The van der Waals surface area contributed by atoms with Crippen LogP contribution >= 0.6 is 0 Å². The lowest BCUT2D eigenvalue weighted by molar-refractivity contribution is -0.155. The molecule has 0 aliphatic carbocycles. The number of H-pyrrole nitrogens is 1. The molecule has 2 saturated heterocycles. The Kier molecular flexibility index (Phi) is 7.23. The van der Waals surface area contributed by atoms with Crippen molar-refractivity contribution >= 4 is 5.97 Å². The summed E-state index contributed by atoms with van der Waals surface area (Å²) in [4.78, 5) is 36.3. The summed E-state index contributed by atoms with van der Waals surface area (Å²) >= 11 is 0. The molecule has 2 fully saturated rings. The van der Waals surface area contributed by atoms with Crippen LogP contribution in [0, 0.1) is 0 Å². The number of aliphatic hydroxyl groups is 1. The van der Waals surface area contributed by atoms with Crippen molar-refractivity contribution in [2.75, 3.05) is 13.2 Å². The van der Waals surface area contributed by atoms with Crippen molar-refractivity contribution in [1.29, 1.82) is 0 Å². The normalized spacial score (nSPS) is 26.3. The van der Waals surface area contributed by atoms with Crippen LogP contribution < -0.4 is 16.0 Å². The number of carboxylic acids is 1. The maximum Gasteiger partial charge on any atom is 0.330 e. The third kappa shape index (κ3) is 5.33. The fourth-order valence-corrected chi connectivity index (χ4v) is 3.96. The van der Waals surface area contributed by atoms with E-state index in [2.05, 4.69) is 4.98 Å². The highest BCUT2D eigenvalue weighted by Gasteiger charge is 2.53. The van der Waals surface area contributed by atoms with Crippen molar-refractivity contribution in [2.24, 2.45) is 0 Å². The van der Waals surface area contributed by atoms with Gasteiger partial charge in [0.25, 0.3) is 5.56 Å². The monoisotopic (exact) mass is 462 g/mol. The van der Waals surface area contributed by atoms with Crippen LogP contribution in [0.4, 0.5) is 0 Å². The van der Waals surface area contributed by atoms with Gasteiger partial charge in [-0.2, -0.15) is 0 Å². The lowest BCUT2D eigenvalue weighted by Crippen LogP contribution is -2.36. The maximum absolute atomic E-state index is 12.2. The number of aliphatic hydroxyl groups excluding tert-OH is 1. The molecule has 0 spiro atoms. The highest BCUT2D eigenvalue weighted by atomic mass is 16.8. The zero-order chi connectivity index (χ0) is 23.4. The van der Waals surface area contributed by atoms with E-state index in [0.29, 0.717) is 18.8 Å². The molecule has 2 aliphatic rings. The zero-order valence-electron chi connectivity index (χ0n) is 17.8. The number of benzene rings is 1. The van der Waals surface area contributed by atoms with Crippen LogP contribution in [0.1, 0.15) is 43.8 Å². The van der Waals surface area contributed by atoms with E-state index in [-0.39, 0.29) is 13.0 Å². The summed E-state index contributed by atoms with van der Waals surface area (Å²) in [6.07, 6.45) is 0.155. The second-order valence-electron chi connectivity index (χ2n) is 7.92. The molecule has 0 amide bonds. The number of nitrogens with one attached hydrogen (secondary N) is 1. The Labute approximate surface area is 188 Å². The topological polar surface area (TPSA) is 149 Å². The van der Waals surface area contributed by atoms with Crippen molar-refractivity contribution in [3.05, 3.63) is 62.9 Å². The molecular formula is C22H26N2O9. The van der Waals surface area contributed by atoms with Crippen LogP contribution in [0.25, 0.3) is 0 Å². The van der Waals surface area contributed by atoms with Crippen molar-refractivity contribution in [1.82, 2.24) is 9.55 Å². The SMILES string of the molecule is O=C(O)CCCCCOc1ccc(C2OC3C(CO)OC(n4ccc(=O)[nH]c4=O)C3O2)cc1. The number of unbranched alkanes of at least 4 members (excludes halogenated alkanes) is 2. The molecule has 0 radical (unpaired) electrons. The largest absolute Gasteiger partial charge is 0.494 e. The number of nitrogens with zero attached hydrogens (tertiary/aromatic N) is 1. The van der Waals surface area contributed by atoms with E-state index in [1.54, 1.807) is 12.1 Å². The molecule has 2 aromatic rings. The molecule has 178 valence electrons. The first-order valence-electron chi connectivity index (χ1n) is 10.8. The van der Waals surface area contributed by atoms with Gasteiger partial charge in [0.15, 0.2) is 12.5 Å². The van der Waals surface area contributed by atoms with Crippen molar-refractivity contribution in [3.8, 4) is 5.75 Å². The quantitative estimate of drug-likeness (QED) is 0.438. The van der Waals surface area contributed by atoms with Crippen LogP contribution in [0.3, 0.4) is 0 Å². The first kappa shape index (κ1) is 23.2. The summed E-state index contributed by atoms with van der Waals surface area (Å²) in [6.45, 7) is 0.176. The van der Waals surface area contributed by atoms with E-state index in [0.717, 1.165) is 18.4 Å². The van der Waals surface area contributed by atoms with Gasteiger partial charge in [0.1, 0.15) is 24.1 Å². The molecule has 5 atom stereocenters. The molecule has 11 heteroatoms. The number of aliphatic carboxylic acids is 1. The Morgan fingerprint density at radius 2 is 1.79 bits per heavy atom. The number of hydrogen-bond acceptors (Lipinski definition) is 8. The minimum Gasteiger partial charge on any atom is -0.494 e. The lowest BCUT2D eigenvalue weighted by Gasteiger charge is -2.21. The van der Waals surface area contributed by atoms with Crippen molar-refractivity contribution in [2.45, 2.75) is 56.5 Å². The molecule has 5 unspecified atom stereocenters. The van der Waals surface area contributed by atoms with Gasteiger partial charge >= 0.3 is 11.7 Å². The Bertz CT molecular complexity index is 1060. The van der Waals surface area contributed by atoms with Gasteiger partial charge in [-0.15, -0.1) is 0 Å². The minimum absolute atomic E-state index is 0.165. The second-order valence-corrected chi connectivity index (χ2v) is 7.92. The molecule has 3 N–H and O–H groups in total. The first-order valence-corrected chi connectivity index (χ1v) is 10.8. The fourth-order valence-electron chi connectivity index (χ4n) is 3.96. The Morgan fingerprint density at radius 3 is 2.48 bits per heavy atom. The molecule has 33 heavy (non-hydrogen) atoms. The number of aromatic nitrogens is 2. The molecule has 11 nitrogen and oxygen atoms in total. The van der Waals surface area contributed by atoms with Crippen LogP contribution in [0.15, 0.2) is 46.1 Å². The molecular weight excluding hydrogens is 436 g/mol. The summed E-state index contributed by atoms with van der Waals surface area (Å²) in [5, 5.41) is 18.3. The Balaban J connectivity index is 1.36. The number of fused-ring (bicyclic) bond motifs is 1. The van der Waals surface area contributed by atoms with Gasteiger partial charge in [0.2, 0.25) is 0 Å². The predicted molar refractivity (Wildman–Crippen MR) is 113 cm³/mol. The van der Waals surface area contributed by atoms with E-state index < -0.39 is 48.0 Å². The summed E-state index contributed by atoms with van der Waals surface area (Å²) < 4.78 is 24.7. The fraction of sp³-hybridized carbons (Fsp3) is 0.500. The van der Waals surface area contributed by atoms with Crippen LogP contribution in [0.5, 0.6) is 5.75 Å². The summed E-state index contributed by atoms with van der Waals surface area (Å²) in [6, 6.07) is 8.40. The molecule has 1 aromatic heterocycles. The van der Waals surface area contributed by atoms with E-state index in [9.17, 15) is 19.5 Å². The van der Waals surface area contributed by atoms with Crippen LogP contribution in [0.2, 0.25) is 0 Å². The van der Waals surface area contributed by atoms with Gasteiger partial charge in [-0.3, -0.25) is 19.1 Å². The number of aromatic amines is 1.